The Morgan fingerprint density at radius 2 is 2.14 bits per heavy atom. The molecule has 1 heterocycles. The summed E-state index contributed by atoms with van der Waals surface area (Å²) in [6.07, 6.45) is 1.69. The molecule has 0 spiro atoms. The van der Waals surface area contributed by atoms with Crippen molar-refractivity contribution in [1.82, 2.24) is 4.57 Å². The molecule has 0 saturated heterocycles. The minimum absolute atomic E-state index is 0.0950. The Morgan fingerprint density at radius 3 is 2.90 bits per heavy atom. The first-order valence-corrected chi connectivity index (χ1v) is 6.87. The Bertz CT molecular complexity index is 731. The Kier molecular flexibility index (Phi) is 5.42. The van der Waals surface area contributed by atoms with Gasteiger partial charge in [0.2, 0.25) is 0 Å². The lowest BCUT2D eigenvalue weighted by Crippen LogP contribution is -2.21. The standard InChI is InChI=1S/C16H13ClFNO2/c17-8-3-4-13-12-14(18)6-7-15(13)21-11-10-19-9-2-1-5-16(19)20/h1-2,5-7,9,12H,8,10-11H2. The molecule has 0 aliphatic carbocycles. The van der Waals surface area contributed by atoms with Crippen LogP contribution in [0.5, 0.6) is 5.75 Å². The van der Waals surface area contributed by atoms with Crippen LogP contribution in [0, 0.1) is 17.7 Å². The zero-order chi connectivity index (χ0) is 15.1. The maximum absolute atomic E-state index is 13.2. The van der Waals surface area contributed by atoms with Crippen LogP contribution in [0.3, 0.4) is 0 Å². The second-order valence-electron chi connectivity index (χ2n) is 4.16. The maximum atomic E-state index is 13.2. The fourth-order valence-electron chi connectivity index (χ4n) is 1.75. The molecule has 108 valence electrons. The summed E-state index contributed by atoms with van der Waals surface area (Å²) in [4.78, 5) is 11.5. The molecule has 0 bridgehead atoms. The first-order valence-electron chi connectivity index (χ1n) is 6.33. The van der Waals surface area contributed by atoms with Crippen LogP contribution in [-0.2, 0) is 6.54 Å². The minimum atomic E-state index is -0.388. The van der Waals surface area contributed by atoms with E-state index in [4.69, 9.17) is 16.3 Å². The van der Waals surface area contributed by atoms with Crippen molar-refractivity contribution in [2.45, 2.75) is 6.54 Å². The van der Waals surface area contributed by atoms with Gasteiger partial charge in [0, 0.05) is 12.3 Å². The van der Waals surface area contributed by atoms with Gasteiger partial charge in [0.25, 0.3) is 5.56 Å². The number of ether oxygens (including phenoxy) is 1. The van der Waals surface area contributed by atoms with Crippen molar-refractivity contribution in [3.05, 3.63) is 64.3 Å². The van der Waals surface area contributed by atoms with E-state index >= 15 is 0 Å². The van der Waals surface area contributed by atoms with E-state index in [1.165, 1.54) is 28.8 Å². The number of pyridine rings is 1. The smallest absolute Gasteiger partial charge is 0.250 e. The highest BCUT2D eigenvalue weighted by Gasteiger charge is 2.04. The molecule has 0 fully saturated rings. The minimum Gasteiger partial charge on any atom is -0.490 e. The number of aromatic nitrogens is 1. The Labute approximate surface area is 126 Å². The van der Waals surface area contributed by atoms with Crippen LogP contribution in [0.25, 0.3) is 0 Å². The molecular formula is C16H13ClFNO2. The average Bonchev–Trinajstić information content (AvgIpc) is 2.49. The van der Waals surface area contributed by atoms with E-state index in [2.05, 4.69) is 11.8 Å². The van der Waals surface area contributed by atoms with Gasteiger partial charge in [-0.15, -0.1) is 11.6 Å². The van der Waals surface area contributed by atoms with E-state index in [0.29, 0.717) is 17.9 Å². The van der Waals surface area contributed by atoms with Crippen LogP contribution >= 0.6 is 11.6 Å². The Morgan fingerprint density at radius 1 is 1.29 bits per heavy atom. The molecule has 0 aliphatic rings. The third kappa shape index (κ3) is 4.37. The zero-order valence-corrected chi connectivity index (χ0v) is 11.9. The molecule has 0 atom stereocenters. The molecule has 0 N–H and O–H groups in total. The highest BCUT2D eigenvalue weighted by Crippen LogP contribution is 2.18. The van der Waals surface area contributed by atoms with E-state index in [9.17, 15) is 9.18 Å². The van der Waals surface area contributed by atoms with Gasteiger partial charge in [-0.1, -0.05) is 17.9 Å². The van der Waals surface area contributed by atoms with Crippen LogP contribution in [0.4, 0.5) is 4.39 Å². The van der Waals surface area contributed by atoms with E-state index < -0.39 is 0 Å². The normalized spacial score (nSPS) is 9.81. The maximum Gasteiger partial charge on any atom is 0.250 e. The second-order valence-corrected chi connectivity index (χ2v) is 4.42. The van der Waals surface area contributed by atoms with Crippen molar-refractivity contribution in [3.63, 3.8) is 0 Å². The van der Waals surface area contributed by atoms with Crippen molar-refractivity contribution in [2.24, 2.45) is 0 Å². The van der Waals surface area contributed by atoms with Gasteiger partial charge >= 0.3 is 0 Å². The average molecular weight is 306 g/mol. The van der Waals surface area contributed by atoms with Gasteiger partial charge in [0.15, 0.2) is 0 Å². The van der Waals surface area contributed by atoms with Gasteiger partial charge < -0.3 is 9.30 Å². The van der Waals surface area contributed by atoms with Crippen molar-refractivity contribution in [2.75, 3.05) is 12.5 Å². The predicted octanol–water partition coefficient (Wildman–Crippen LogP) is 2.66. The molecule has 0 aliphatic heterocycles. The Balaban J connectivity index is 2.06. The summed E-state index contributed by atoms with van der Waals surface area (Å²) in [6, 6.07) is 9.05. The molecule has 0 unspecified atom stereocenters. The number of halogens is 2. The summed E-state index contributed by atoms with van der Waals surface area (Å²) in [6.45, 7) is 0.685. The molecule has 1 aromatic carbocycles. The van der Waals surface area contributed by atoms with Crippen molar-refractivity contribution in [3.8, 4) is 17.6 Å². The quantitative estimate of drug-likeness (QED) is 0.642. The number of hydrogen-bond acceptors (Lipinski definition) is 2. The van der Waals surface area contributed by atoms with E-state index in [1.807, 2.05) is 0 Å². The summed E-state index contributed by atoms with van der Waals surface area (Å²) in [5.41, 5.74) is 0.346. The molecule has 2 rings (SSSR count). The third-order valence-electron chi connectivity index (χ3n) is 2.72. The number of benzene rings is 1. The molecule has 21 heavy (non-hydrogen) atoms. The zero-order valence-electron chi connectivity index (χ0n) is 11.2. The summed E-state index contributed by atoms with van der Waals surface area (Å²) in [5.74, 6) is 5.66. The SMILES string of the molecule is O=c1ccccn1CCOc1ccc(F)cc1C#CCCl. The van der Waals surface area contributed by atoms with Gasteiger partial charge in [0.05, 0.1) is 18.0 Å². The molecule has 5 heteroatoms. The van der Waals surface area contributed by atoms with Crippen LogP contribution in [0.1, 0.15) is 5.56 Å². The second kappa shape index (κ2) is 7.51. The fourth-order valence-corrected chi connectivity index (χ4v) is 1.82. The highest BCUT2D eigenvalue weighted by molar-refractivity contribution is 6.19. The highest BCUT2D eigenvalue weighted by atomic mass is 35.5. The predicted molar refractivity (Wildman–Crippen MR) is 80.2 cm³/mol. The van der Waals surface area contributed by atoms with E-state index in [-0.39, 0.29) is 23.9 Å². The van der Waals surface area contributed by atoms with Gasteiger partial charge in [-0.3, -0.25) is 4.79 Å². The van der Waals surface area contributed by atoms with Crippen molar-refractivity contribution >= 4 is 11.6 Å². The summed E-state index contributed by atoms with van der Waals surface area (Å²) >= 11 is 5.50. The lowest BCUT2D eigenvalue weighted by molar-refractivity contribution is 0.295. The number of hydrogen-bond donors (Lipinski definition) is 0. The summed E-state index contributed by atoms with van der Waals surface area (Å²) in [7, 11) is 0. The topological polar surface area (TPSA) is 31.2 Å². The number of nitrogens with zero attached hydrogens (tertiary/aromatic N) is 1. The Hall–Kier alpha value is -2.25. The molecule has 0 saturated carbocycles. The first-order chi connectivity index (χ1) is 10.2. The third-order valence-corrected chi connectivity index (χ3v) is 2.85. The molecule has 0 amide bonds. The van der Waals surface area contributed by atoms with E-state index in [1.54, 1.807) is 18.3 Å². The van der Waals surface area contributed by atoms with E-state index in [0.717, 1.165) is 0 Å². The van der Waals surface area contributed by atoms with Gasteiger partial charge in [-0.25, -0.2) is 4.39 Å². The number of rotatable bonds is 4. The lowest BCUT2D eigenvalue weighted by atomic mass is 10.2. The van der Waals surface area contributed by atoms with Crippen LogP contribution in [0.15, 0.2) is 47.4 Å². The summed E-state index contributed by atoms with van der Waals surface area (Å²) < 4.78 is 20.3. The van der Waals surface area contributed by atoms with Crippen molar-refractivity contribution < 1.29 is 9.13 Å². The molecule has 2 aromatic rings. The van der Waals surface area contributed by atoms with Crippen molar-refractivity contribution in [1.29, 1.82) is 0 Å². The molecular weight excluding hydrogens is 293 g/mol. The van der Waals surface area contributed by atoms with Gasteiger partial charge in [0.1, 0.15) is 18.2 Å². The van der Waals surface area contributed by atoms with Gasteiger partial charge in [-0.2, -0.15) is 0 Å². The van der Waals surface area contributed by atoms with Crippen LogP contribution < -0.4 is 10.3 Å². The fraction of sp³-hybridized carbons (Fsp3) is 0.188. The molecule has 0 radical (unpaired) electrons. The van der Waals surface area contributed by atoms with Gasteiger partial charge in [-0.05, 0) is 24.3 Å². The number of alkyl halides is 1. The van der Waals surface area contributed by atoms with Crippen LogP contribution in [0.2, 0.25) is 0 Å². The monoisotopic (exact) mass is 305 g/mol. The molecule has 3 nitrogen and oxygen atoms in total. The summed E-state index contributed by atoms with van der Waals surface area (Å²) in [5, 5.41) is 0. The largest absolute Gasteiger partial charge is 0.490 e. The first kappa shape index (κ1) is 15.1. The lowest BCUT2D eigenvalue weighted by Gasteiger charge is -2.09. The van der Waals surface area contributed by atoms with Crippen LogP contribution in [-0.4, -0.2) is 17.1 Å². The molecule has 1 aromatic heterocycles.